The average molecular weight is 252 g/mol. The summed E-state index contributed by atoms with van der Waals surface area (Å²) in [6.07, 6.45) is 11.4. The van der Waals surface area contributed by atoms with Crippen molar-refractivity contribution in [2.45, 2.75) is 77.3 Å². The van der Waals surface area contributed by atoms with Crippen molar-refractivity contribution in [1.29, 1.82) is 0 Å². The lowest BCUT2D eigenvalue weighted by atomic mass is 9.89. The molecule has 2 fully saturated rings. The topological polar surface area (TPSA) is 29.3 Å². The van der Waals surface area contributed by atoms with Crippen molar-refractivity contribution in [2.24, 2.45) is 17.6 Å². The SMILES string of the molecule is CC(C)C1CCCN1C(CN)C1CCCCCC1. The largest absolute Gasteiger partial charge is 0.329 e. The van der Waals surface area contributed by atoms with Crippen molar-refractivity contribution in [3.63, 3.8) is 0 Å². The minimum absolute atomic E-state index is 0.665. The Hall–Kier alpha value is -0.0800. The summed E-state index contributed by atoms with van der Waals surface area (Å²) in [4.78, 5) is 2.78. The Balaban J connectivity index is 2.01. The van der Waals surface area contributed by atoms with Crippen LogP contribution in [0.15, 0.2) is 0 Å². The van der Waals surface area contributed by atoms with Gasteiger partial charge in [-0.15, -0.1) is 0 Å². The fraction of sp³-hybridized carbons (Fsp3) is 1.00. The molecular formula is C16H32N2. The maximum atomic E-state index is 6.16. The van der Waals surface area contributed by atoms with E-state index in [4.69, 9.17) is 5.73 Å². The number of likely N-dealkylation sites (tertiary alicyclic amines) is 1. The summed E-state index contributed by atoms with van der Waals surface area (Å²) in [6.45, 7) is 6.92. The van der Waals surface area contributed by atoms with Gasteiger partial charge in [-0.3, -0.25) is 4.90 Å². The van der Waals surface area contributed by atoms with Crippen LogP contribution in [-0.4, -0.2) is 30.1 Å². The summed E-state index contributed by atoms with van der Waals surface area (Å²) >= 11 is 0. The Morgan fingerprint density at radius 2 is 1.67 bits per heavy atom. The molecule has 106 valence electrons. The normalized spacial score (nSPS) is 29.7. The van der Waals surface area contributed by atoms with Gasteiger partial charge >= 0.3 is 0 Å². The van der Waals surface area contributed by atoms with Crippen molar-refractivity contribution < 1.29 is 0 Å². The third kappa shape index (κ3) is 3.27. The van der Waals surface area contributed by atoms with Gasteiger partial charge in [0.05, 0.1) is 0 Å². The second-order valence-electron chi connectivity index (χ2n) is 6.75. The van der Waals surface area contributed by atoms with Gasteiger partial charge in [-0.2, -0.15) is 0 Å². The number of hydrogen-bond donors (Lipinski definition) is 1. The molecule has 0 bridgehead atoms. The molecular weight excluding hydrogens is 220 g/mol. The molecule has 2 aliphatic rings. The second kappa shape index (κ2) is 6.91. The van der Waals surface area contributed by atoms with Crippen LogP contribution in [0.4, 0.5) is 0 Å². The van der Waals surface area contributed by atoms with Gasteiger partial charge in [-0.1, -0.05) is 39.5 Å². The first-order chi connectivity index (χ1) is 8.74. The number of nitrogens with zero attached hydrogens (tertiary/aromatic N) is 1. The van der Waals surface area contributed by atoms with Crippen molar-refractivity contribution >= 4 is 0 Å². The zero-order valence-electron chi connectivity index (χ0n) is 12.4. The molecule has 0 aromatic carbocycles. The van der Waals surface area contributed by atoms with Crippen LogP contribution in [0.3, 0.4) is 0 Å². The van der Waals surface area contributed by atoms with E-state index in [9.17, 15) is 0 Å². The molecule has 2 atom stereocenters. The fourth-order valence-corrected chi connectivity index (χ4v) is 4.24. The van der Waals surface area contributed by atoms with Crippen LogP contribution in [0, 0.1) is 11.8 Å². The molecule has 2 heteroatoms. The summed E-state index contributed by atoms with van der Waals surface area (Å²) in [5.41, 5.74) is 6.16. The molecule has 0 spiro atoms. The van der Waals surface area contributed by atoms with Gasteiger partial charge in [0, 0.05) is 18.6 Å². The quantitative estimate of drug-likeness (QED) is 0.777. The highest BCUT2D eigenvalue weighted by Gasteiger charge is 2.35. The smallest absolute Gasteiger partial charge is 0.0249 e. The van der Waals surface area contributed by atoms with Gasteiger partial charge in [0.2, 0.25) is 0 Å². The van der Waals surface area contributed by atoms with Crippen molar-refractivity contribution in [3.8, 4) is 0 Å². The van der Waals surface area contributed by atoms with Gasteiger partial charge in [0.1, 0.15) is 0 Å². The Kier molecular flexibility index (Phi) is 5.50. The molecule has 0 aromatic heterocycles. The van der Waals surface area contributed by atoms with Crippen LogP contribution in [0.25, 0.3) is 0 Å². The molecule has 1 saturated carbocycles. The van der Waals surface area contributed by atoms with E-state index < -0.39 is 0 Å². The average Bonchev–Trinajstić information content (AvgIpc) is 2.67. The van der Waals surface area contributed by atoms with E-state index in [0.717, 1.165) is 24.4 Å². The third-order valence-corrected chi connectivity index (χ3v) is 5.22. The van der Waals surface area contributed by atoms with Crippen LogP contribution in [0.1, 0.15) is 65.2 Å². The molecule has 2 rings (SSSR count). The van der Waals surface area contributed by atoms with Crippen LogP contribution in [0.2, 0.25) is 0 Å². The molecule has 18 heavy (non-hydrogen) atoms. The summed E-state index contributed by atoms with van der Waals surface area (Å²) < 4.78 is 0. The Labute approximate surface area is 113 Å². The van der Waals surface area contributed by atoms with Crippen molar-refractivity contribution in [2.75, 3.05) is 13.1 Å². The van der Waals surface area contributed by atoms with E-state index >= 15 is 0 Å². The lowest BCUT2D eigenvalue weighted by Gasteiger charge is -2.39. The monoisotopic (exact) mass is 252 g/mol. The predicted molar refractivity (Wildman–Crippen MR) is 78.6 cm³/mol. The first kappa shape index (κ1) is 14.3. The van der Waals surface area contributed by atoms with Gasteiger partial charge in [0.15, 0.2) is 0 Å². The Morgan fingerprint density at radius 1 is 1.00 bits per heavy atom. The standard InChI is InChI=1S/C16H32N2/c1-13(2)15-10-7-11-18(15)16(12-17)14-8-5-3-4-6-9-14/h13-16H,3-12,17H2,1-2H3. The molecule has 1 saturated heterocycles. The second-order valence-corrected chi connectivity index (χ2v) is 6.75. The van der Waals surface area contributed by atoms with Gasteiger partial charge < -0.3 is 5.73 Å². The van der Waals surface area contributed by atoms with E-state index in [1.807, 2.05) is 0 Å². The summed E-state index contributed by atoms with van der Waals surface area (Å²) in [7, 11) is 0. The van der Waals surface area contributed by atoms with Gasteiger partial charge in [-0.05, 0) is 44.1 Å². The highest BCUT2D eigenvalue weighted by Crippen LogP contribution is 2.33. The van der Waals surface area contributed by atoms with Gasteiger partial charge in [-0.25, -0.2) is 0 Å². The zero-order chi connectivity index (χ0) is 13.0. The van der Waals surface area contributed by atoms with Crippen LogP contribution in [0.5, 0.6) is 0 Å². The van der Waals surface area contributed by atoms with Crippen LogP contribution in [-0.2, 0) is 0 Å². The zero-order valence-corrected chi connectivity index (χ0v) is 12.4. The fourth-order valence-electron chi connectivity index (χ4n) is 4.24. The highest BCUT2D eigenvalue weighted by atomic mass is 15.2. The Morgan fingerprint density at radius 3 is 2.22 bits per heavy atom. The first-order valence-electron chi connectivity index (χ1n) is 8.20. The third-order valence-electron chi connectivity index (χ3n) is 5.22. The van der Waals surface area contributed by atoms with Crippen LogP contribution < -0.4 is 5.73 Å². The van der Waals surface area contributed by atoms with E-state index in [0.29, 0.717) is 6.04 Å². The molecule has 0 radical (unpaired) electrons. The minimum Gasteiger partial charge on any atom is -0.329 e. The number of nitrogens with two attached hydrogens (primary N) is 1. The molecule has 2 N–H and O–H groups in total. The summed E-state index contributed by atoms with van der Waals surface area (Å²) in [5.74, 6) is 1.66. The Bertz CT molecular complexity index is 231. The molecule has 1 aliphatic heterocycles. The maximum Gasteiger partial charge on any atom is 0.0249 e. The lowest BCUT2D eigenvalue weighted by molar-refractivity contribution is 0.0998. The summed E-state index contributed by atoms with van der Waals surface area (Å²) in [6, 6.07) is 1.46. The minimum atomic E-state index is 0.665. The molecule has 1 aliphatic carbocycles. The van der Waals surface area contributed by atoms with Crippen LogP contribution >= 0.6 is 0 Å². The van der Waals surface area contributed by atoms with Gasteiger partial charge in [0.25, 0.3) is 0 Å². The number of hydrogen-bond acceptors (Lipinski definition) is 2. The van der Waals surface area contributed by atoms with E-state index in [1.165, 1.54) is 57.9 Å². The van der Waals surface area contributed by atoms with E-state index in [1.54, 1.807) is 0 Å². The molecule has 2 nitrogen and oxygen atoms in total. The molecule has 2 unspecified atom stereocenters. The maximum absolute atomic E-state index is 6.16. The molecule has 0 aromatic rings. The first-order valence-corrected chi connectivity index (χ1v) is 8.20. The molecule has 1 heterocycles. The number of rotatable bonds is 4. The highest BCUT2D eigenvalue weighted by molar-refractivity contribution is 4.90. The van der Waals surface area contributed by atoms with Crippen molar-refractivity contribution in [1.82, 2.24) is 4.90 Å². The van der Waals surface area contributed by atoms with E-state index in [2.05, 4.69) is 18.7 Å². The predicted octanol–water partition coefficient (Wildman–Crippen LogP) is 3.40. The van der Waals surface area contributed by atoms with Crippen molar-refractivity contribution in [3.05, 3.63) is 0 Å². The lowest BCUT2D eigenvalue weighted by Crippen LogP contribution is -2.49. The van der Waals surface area contributed by atoms with E-state index in [-0.39, 0.29) is 0 Å². The molecule has 0 amide bonds. The summed E-state index contributed by atoms with van der Waals surface area (Å²) in [5, 5.41) is 0.